The molecule has 0 aliphatic heterocycles. The maximum atomic E-state index is 10.6. The number of aromatic nitrogens is 1. The van der Waals surface area contributed by atoms with Crippen LogP contribution in [0.5, 0.6) is 0 Å². The third-order valence-corrected chi connectivity index (χ3v) is 3.04. The van der Waals surface area contributed by atoms with Gasteiger partial charge >= 0.3 is 5.97 Å². The zero-order valence-electron chi connectivity index (χ0n) is 8.95. The summed E-state index contributed by atoms with van der Waals surface area (Å²) in [6, 6.07) is 0. The number of ether oxygens (including phenoxy) is 1. The molecule has 5 heteroatoms. The lowest BCUT2D eigenvalue weighted by Crippen LogP contribution is -2.01. The lowest BCUT2D eigenvalue weighted by atomic mass is 10.3. The lowest BCUT2D eigenvalue weighted by molar-refractivity contribution is -0.136. The van der Waals surface area contributed by atoms with Crippen molar-refractivity contribution in [3.63, 3.8) is 0 Å². The Kier molecular flexibility index (Phi) is 4.71. The molecule has 1 heterocycles. The first-order valence-electron chi connectivity index (χ1n) is 4.85. The molecule has 0 aromatic carbocycles. The molecule has 0 fully saturated rings. The molecule has 0 atom stereocenters. The Hall–Kier alpha value is -0.940. The molecule has 0 amide bonds. The van der Waals surface area contributed by atoms with Gasteiger partial charge in [-0.05, 0) is 12.8 Å². The van der Waals surface area contributed by atoms with Crippen LogP contribution in [0.15, 0.2) is 0 Å². The van der Waals surface area contributed by atoms with E-state index < -0.39 is 5.97 Å². The van der Waals surface area contributed by atoms with Crippen LogP contribution in [0.2, 0.25) is 0 Å². The Morgan fingerprint density at radius 3 is 2.87 bits per heavy atom. The highest BCUT2D eigenvalue weighted by atomic mass is 32.1. The summed E-state index contributed by atoms with van der Waals surface area (Å²) in [4.78, 5) is 15.8. The number of hydrogen-bond acceptors (Lipinski definition) is 4. The number of nitrogens with zero attached hydrogens (tertiary/aromatic N) is 1. The van der Waals surface area contributed by atoms with Crippen molar-refractivity contribution >= 4 is 17.3 Å². The van der Waals surface area contributed by atoms with Crippen molar-refractivity contribution in [2.45, 2.75) is 32.8 Å². The van der Waals surface area contributed by atoms with Gasteiger partial charge in [-0.2, -0.15) is 0 Å². The van der Waals surface area contributed by atoms with Gasteiger partial charge in [-0.1, -0.05) is 6.92 Å². The zero-order valence-corrected chi connectivity index (χ0v) is 9.76. The Bertz CT molecular complexity index is 335. The predicted molar refractivity (Wildman–Crippen MR) is 58.2 cm³/mol. The van der Waals surface area contributed by atoms with Crippen molar-refractivity contribution in [2.75, 3.05) is 7.11 Å². The Labute approximate surface area is 92.9 Å². The molecule has 0 unspecified atom stereocenters. The minimum atomic E-state index is -0.820. The minimum Gasteiger partial charge on any atom is -0.481 e. The maximum Gasteiger partial charge on any atom is 0.308 e. The van der Waals surface area contributed by atoms with Gasteiger partial charge in [0.1, 0.15) is 0 Å². The average Bonchev–Trinajstić information content (AvgIpc) is 2.48. The number of aliphatic carboxylic acids is 1. The summed E-state index contributed by atoms with van der Waals surface area (Å²) in [6.07, 6.45) is 1.97. The molecule has 0 bridgehead atoms. The SMILES string of the molecule is CCCc1nc(COC)c(CC(=O)O)s1. The summed E-state index contributed by atoms with van der Waals surface area (Å²) in [7, 11) is 1.59. The van der Waals surface area contributed by atoms with E-state index in [1.54, 1.807) is 7.11 Å². The number of carboxylic acid groups (broad SMARTS) is 1. The maximum absolute atomic E-state index is 10.6. The largest absolute Gasteiger partial charge is 0.481 e. The number of hydrogen-bond donors (Lipinski definition) is 1. The van der Waals surface area contributed by atoms with Gasteiger partial charge in [0, 0.05) is 12.0 Å². The smallest absolute Gasteiger partial charge is 0.308 e. The summed E-state index contributed by atoms with van der Waals surface area (Å²) < 4.78 is 4.99. The zero-order chi connectivity index (χ0) is 11.3. The van der Waals surface area contributed by atoms with Crippen LogP contribution in [0.3, 0.4) is 0 Å². The van der Waals surface area contributed by atoms with E-state index in [1.165, 1.54) is 11.3 Å². The summed E-state index contributed by atoms with van der Waals surface area (Å²) in [5.41, 5.74) is 0.772. The molecule has 0 spiro atoms. The number of thiazole rings is 1. The van der Waals surface area contributed by atoms with Crippen molar-refractivity contribution in [1.29, 1.82) is 0 Å². The van der Waals surface area contributed by atoms with Crippen LogP contribution in [0, 0.1) is 0 Å². The molecule has 0 saturated carbocycles. The van der Waals surface area contributed by atoms with Gasteiger partial charge in [-0.15, -0.1) is 11.3 Å². The van der Waals surface area contributed by atoms with Crippen LogP contribution in [-0.2, 0) is 29.0 Å². The highest BCUT2D eigenvalue weighted by Gasteiger charge is 2.13. The van der Waals surface area contributed by atoms with Gasteiger partial charge in [-0.3, -0.25) is 4.79 Å². The second-order valence-corrected chi connectivity index (χ2v) is 4.40. The number of carboxylic acids is 1. The monoisotopic (exact) mass is 229 g/mol. The van der Waals surface area contributed by atoms with Gasteiger partial charge in [-0.25, -0.2) is 4.98 Å². The molecule has 1 N–H and O–H groups in total. The first-order valence-corrected chi connectivity index (χ1v) is 5.67. The quantitative estimate of drug-likeness (QED) is 0.809. The van der Waals surface area contributed by atoms with Crippen molar-refractivity contribution in [2.24, 2.45) is 0 Å². The van der Waals surface area contributed by atoms with Gasteiger partial charge in [0.25, 0.3) is 0 Å². The molecule has 0 radical (unpaired) electrons. The van der Waals surface area contributed by atoms with E-state index in [0.29, 0.717) is 6.61 Å². The Morgan fingerprint density at radius 2 is 2.33 bits per heavy atom. The third kappa shape index (κ3) is 3.60. The number of methoxy groups -OCH3 is 1. The van der Waals surface area contributed by atoms with Gasteiger partial charge in [0.15, 0.2) is 0 Å². The van der Waals surface area contributed by atoms with Crippen LogP contribution >= 0.6 is 11.3 Å². The first-order chi connectivity index (χ1) is 7.17. The van der Waals surface area contributed by atoms with Crippen LogP contribution in [0.4, 0.5) is 0 Å². The second-order valence-electron chi connectivity index (χ2n) is 3.23. The first kappa shape index (κ1) is 12.1. The van der Waals surface area contributed by atoms with Gasteiger partial charge in [0.05, 0.1) is 23.7 Å². The Morgan fingerprint density at radius 1 is 1.60 bits per heavy atom. The molecule has 0 saturated heterocycles. The Balaban J connectivity index is 2.84. The standard InChI is InChI=1S/C10H15NO3S/c1-3-4-9-11-7(6-14-2)8(15-9)5-10(12)13/h3-6H2,1-2H3,(H,12,13). The van der Waals surface area contributed by atoms with Crippen molar-refractivity contribution in [3.05, 3.63) is 15.6 Å². The van der Waals surface area contributed by atoms with Crippen LogP contribution in [-0.4, -0.2) is 23.2 Å². The van der Waals surface area contributed by atoms with E-state index in [0.717, 1.165) is 28.4 Å². The van der Waals surface area contributed by atoms with E-state index in [1.807, 2.05) is 0 Å². The normalized spacial score (nSPS) is 10.5. The second kappa shape index (κ2) is 5.82. The van der Waals surface area contributed by atoms with Crippen LogP contribution < -0.4 is 0 Å². The molecule has 4 nitrogen and oxygen atoms in total. The molecule has 0 aliphatic carbocycles. The third-order valence-electron chi connectivity index (χ3n) is 1.88. The molecule has 1 aromatic heterocycles. The molecule has 1 aromatic rings. The molecular formula is C10H15NO3S. The highest BCUT2D eigenvalue weighted by molar-refractivity contribution is 7.11. The number of rotatable bonds is 6. The highest BCUT2D eigenvalue weighted by Crippen LogP contribution is 2.21. The van der Waals surface area contributed by atoms with Crippen molar-refractivity contribution in [3.8, 4) is 0 Å². The van der Waals surface area contributed by atoms with E-state index >= 15 is 0 Å². The number of carbonyl (C=O) groups is 1. The van der Waals surface area contributed by atoms with Crippen LogP contribution in [0.1, 0.15) is 28.9 Å². The summed E-state index contributed by atoms with van der Waals surface area (Å²) in [5.74, 6) is -0.820. The van der Waals surface area contributed by atoms with Crippen LogP contribution in [0.25, 0.3) is 0 Å². The predicted octanol–water partition coefficient (Wildman–Crippen LogP) is 1.87. The molecule has 15 heavy (non-hydrogen) atoms. The molecular weight excluding hydrogens is 214 g/mol. The van der Waals surface area contributed by atoms with Crippen molar-refractivity contribution < 1.29 is 14.6 Å². The number of aryl methyl sites for hydroxylation is 1. The summed E-state index contributed by atoms with van der Waals surface area (Å²) in [5, 5.41) is 9.74. The van der Waals surface area contributed by atoms with E-state index in [-0.39, 0.29) is 6.42 Å². The summed E-state index contributed by atoms with van der Waals surface area (Å²) >= 11 is 1.48. The van der Waals surface area contributed by atoms with E-state index in [2.05, 4.69) is 11.9 Å². The fraction of sp³-hybridized carbons (Fsp3) is 0.600. The minimum absolute atomic E-state index is 0.0417. The van der Waals surface area contributed by atoms with E-state index in [4.69, 9.17) is 9.84 Å². The van der Waals surface area contributed by atoms with Gasteiger partial charge in [0.2, 0.25) is 0 Å². The summed E-state index contributed by atoms with van der Waals surface area (Å²) in [6.45, 7) is 2.47. The average molecular weight is 229 g/mol. The molecule has 1 rings (SSSR count). The fourth-order valence-electron chi connectivity index (χ4n) is 1.28. The van der Waals surface area contributed by atoms with Gasteiger partial charge < -0.3 is 9.84 Å². The van der Waals surface area contributed by atoms with Crippen molar-refractivity contribution in [1.82, 2.24) is 4.98 Å². The van der Waals surface area contributed by atoms with E-state index in [9.17, 15) is 4.79 Å². The topological polar surface area (TPSA) is 59.4 Å². The lowest BCUT2D eigenvalue weighted by Gasteiger charge is -1.96. The molecule has 84 valence electrons. The fourth-order valence-corrected chi connectivity index (χ4v) is 2.45. The molecule has 0 aliphatic rings.